The summed E-state index contributed by atoms with van der Waals surface area (Å²) < 4.78 is 27.0. The van der Waals surface area contributed by atoms with Crippen LogP contribution in [-0.4, -0.2) is 54.3 Å². The lowest BCUT2D eigenvalue weighted by Gasteiger charge is -2.15. The number of amides is 1. The van der Waals surface area contributed by atoms with E-state index < -0.39 is 26.5 Å². The Morgan fingerprint density at radius 1 is 0.463 bits per heavy atom. The summed E-state index contributed by atoms with van der Waals surface area (Å²) in [4.78, 5) is 34.1. The molecule has 376 valence electrons. The highest BCUT2D eigenvalue weighted by molar-refractivity contribution is 7.47. The number of phosphoric acid groups is 1. The molecule has 0 aliphatic heterocycles. The van der Waals surface area contributed by atoms with Gasteiger partial charge in [-0.3, -0.25) is 18.6 Å². The van der Waals surface area contributed by atoms with E-state index in [1.165, 1.54) is 19.3 Å². The fraction of sp³-hybridized carbons (Fsp3) is 0.544. The SMILES string of the molecule is CC/C=C\C/C=C\C/C=C\C/C=C\C/C=C\C/C=C\C/C=C\CCCC(=O)NCCOP(=O)(O)OCC(O)COC(=O)CCCCCCCCC/C=C\C/C=C\C/C=C\C/C=C\C/C=C\CC. The molecular formula is C57H90NO8P. The van der Waals surface area contributed by atoms with Crippen molar-refractivity contribution in [3.63, 3.8) is 0 Å². The summed E-state index contributed by atoms with van der Waals surface area (Å²) in [6.45, 7) is 3.22. The number of hydrogen-bond donors (Lipinski definition) is 3. The van der Waals surface area contributed by atoms with E-state index in [1.54, 1.807) is 0 Å². The molecule has 67 heavy (non-hydrogen) atoms. The lowest BCUT2D eigenvalue weighted by Crippen LogP contribution is -2.27. The van der Waals surface area contributed by atoms with Crippen molar-refractivity contribution in [1.82, 2.24) is 5.32 Å². The van der Waals surface area contributed by atoms with Crippen molar-refractivity contribution in [3.05, 3.63) is 146 Å². The largest absolute Gasteiger partial charge is 0.472 e. The minimum atomic E-state index is -4.45. The molecule has 0 saturated carbocycles. The van der Waals surface area contributed by atoms with Crippen molar-refractivity contribution in [3.8, 4) is 0 Å². The highest BCUT2D eigenvalue weighted by Crippen LogP contribution is 2.42. The van der Waals surface area contributed by atoms with Gasteiger partial charge in [-0.2, -0.15) is 0 Å². The van der Waals surface area contributed by atoms with Gasteiger partial charge in [0.1, 0.15) is 12.7 Å². The molecule has 0 aromatic carbocycles. The summed E-state index contributed by atoms with van der Waals surface area (Å²) in [5, 5.41) is 12.7. The van der Waals surface area contributed by atoms with E-state index in [0.717, 1.165) is 109 Å². The summed E-state index contributed by atoms with van der Waals surface area (Å²) in [5.74, 6) is -0.601. The van der Waals surface area contributed by atoms with E-state index in [1.807, 2.05) is 0 Å². The van der Waals surface area contributed by atoms with Crippen LogP contribution in [0.5, 0.6) is 0 Å². The van der Waals surface area contributed by atoms with Crippen LogP contribution in [-0.2, 0) is 27.9 Å². The second kappa shape index (κ2) is 51.3. The van der Waals surface area contributed by atoms with Crippen LogP contribution in [0.4, 0.5) is 0 Å². The third kappa shape index (κ3) is 52.7. The van der Waals surface area contributed by atoms with E-state index >= 15 is 0 Å². The van der Waals surface area contributed by atoms with Crippen LogP contribution < -0.4 is 5.32 Å². The highest BCUT2D eigenvalue weighted by atomic mass is 31.2. The average molecular weight is 948 g/mol. The normalized spacial score (nSPS) is 14.4. The molecule has 0 radical (unpaired) electrons. The molecule has 0 saturated heterocycles. The molecule has 3 N–H and O–H groups in total. The van der Waals surface area contributed by atoms with Gasteiger partial charge < -0.3 is 20.1 Å². The molecule has 0 aliphatic carbocycles. The molecule has 2 unspecified atom stereocenters. The van der Waals surface area contributed by atoms with Crippen LogP contribution in [0, 0.1) is 0 Å². The molecule has 0 bridgehead atoms. The van der Waals surface area contributed by atoms with E-state index in [9.17, 15) is 24.2 Å². The molecule has 0 fully saturated rings. The quantitative estimate of drug-likeness (QED) is 0.0238. The fourth-order valence-electron chi connectivity index (χ4n) is 6.04. The van der Waals surface area contributed by atoms with Gasteiger partial charge in [0.2, 0.25) is 5.91 Å². The molecule has 0 heterocycles. The first-order valence-electron chi connectivity index (χ1n) is 25.3. The lowest BCUT2D eigenvalue weighted by atomic mass is 10.1. The number of carbonyl (C=O) groups is 2. The van der Waals surface area contributed by atoms with Gasteiger partial charge in [0.25, 0.3) is 0 Å². The summed E-state index contributed by atoms with van der Waals surface area (Å²) >= 11 is 0. The van der Waals surface area contributed by atoms with Crippen molar-refractivity contribution in [2.24, 2.45) is 0 Å². The third-order valence-corrected chi connectivity index (χ3v) is 10.7. The third-order valence-electron chi connectivity index (χ3n) is 9.76. The van der Waals surface area contributed by atoms with E-state index in [2.05, 4.69) is 165 Å². The van der Waals surface area contributed by atoms with Crippen molar-refractivity contribution < 1.29 is 37.9 Å². The van der Waals surface area contributed by atoms with Gasteiger partial charge in [-0.1, -0.05) is 192 Å². The number of rotatable bonds is 45. The second-order valence-corrected chi connectivity index (χ2v) is 17.5. The van der Waals surface area contributed by atoms with Crippen molar-refractivity contribution in [1.29, 1.82) is 0 Å². The Labute approximate surface area is 407 Å². The zero-order valence-electron chi connectivity index (χ0n) is 41.5. The topological polar surface area (TPSA) is 131 Å². The number of phosphoric ester groups is 1. The molecule has 1 amide bonds. The van der Waals surface area contributed by atoms with Crippen molar-refractivity contribution >= 4 is 19.7 Å². The van der Waals surface area contributed by atoms with Crippen LogP contribution in [0.15, 0.2) is 146 Å². The number of aliphatic hydroxyl groups is 1. The van der Waals surface area contributed by atoms with E-state index in [-0.39, 0.29) is 32.1 Å². The van der Waals surface area contributed by atoms with Gasteiger partial charge in [-0.05, 0) is 109 Å². The number of unbranched alkanes of at least 4 members (excludes halogenated alkanes) is 8. The van der Waals surface area contributed by atoms with Gasteiger partial charge in [0.05, 0.1) is 13.2 Å². The summed E-state index contributed by atoms with van der Waals surface area (Å²) in [5.41, 5.74) is 0. The maximum atomic E-state index is 12.2. The number of aliphatic hydroxyl groups excluding tert-OH is 1. The van der Waals surface area contributed by atoms with E-state index in [0.29, 0.717) is 19.3 Å². The van der Waals surface area contributed by atoms with Crippen LogP contribution in [0.3, 0.4) is 0 Å². The molecular weight excluding hydrogens is 858 g/mol. The maximum Gasteiger partial charge on any atom is 0.472 e. The zero-order valence-corrected chi connectivity index (χ0v) is 42.4. The standard InChI is InChI=1S/C57H90NO8P/c1-3-5-7-9-11-13-15-17-19-21-23-25-27-29-31-33-35-37-39-41-43-45-47-49-56(60)58-51-52-65-67(62,63)66-54-55(59)53-64-57(61)50-48-46-44-42-40-38-36-34-32-30-28-26-24-22-20-18-16-14-12-10-8-6-4-2/h5-8,11-14,17-20,23-26,29-32,35,37,41,43,55,59H,3-4,9-10,15-16,21-22,27-28,33-34,36,38-40,42,44-54H2,1-2H3,(H,58,60)(H,62,63)/b7-5-,8-6-,13-11-,14-12-,19-17-,20-18-,25-23-,26-24-,31-29-,32-30-,37-35-,43-41-. The Hall–Kier alpha value is -4.11. The first-order valence-corrected chi connectivity index (χ1v) is 26.8. The number of ether oxygens (including phenoxy) is 1. The van der Waals surface area contributed by atoms with Crippen molar-refractivity contribution in [2.45, 2.75) is 174 Å². The molecule has 0 aromatic rings. The number of esters is 1. The summed E-state index contributed by atoms with van der Waals surface area (Å²) in [7, 11) is -4.45. The van der Waals surface area contributed by atoms with Gasteiger partial charge in [-0.25, -0.2) is 4.57 Å². The van der Waals surface area contributed by atoms with Gasteiger partial charge in [0.15, 0.2) is 0 Å². The Morgan fingerprint density at radius 3 is 1.24 bits per heavy atom. The fourth-order valence-corrected chi connectivity index (χ4v) is 6.80. The summed E-state index contributed by atoms with van der Waals surface area (Å²) in [6, 6.07) is 0. The molecule has 0 spiro atoms. The number of carbonyl (C=O) groups excluding carboxylic acids is 2. The molecule has 0 rings (SSSR count). The molecule has 9 nitrogen and oxygen atoms in total. The lowest BCUT2D eigenvalue weighted by molar-refractivity contribution is -0.147. The first kappa shape index (κ1) is 62.9. The Bertz CT molecular complexity index is 1600. The Balaban J connectivity index is 3.72. The summed E-state index contributed by atoms with van der Waals surface area (Å²) in [6.07, 6.45) is 73.6. The molecule has 0 aliphatic rings. The van der Waals surface area contributed by atoms with Gasteiger partial charge >= 0.3 is 13.8 Å². The van der Waals surface area contributed by atoms with E-state index in [4.69, 9.17) is 13.8 Å². The zero-order chi connectivity index (χ0) is 48.8. The number of nitrogens with one attached hydrogen (secondary N) is 1. The minimum absolute atomic E-state index is 0.0389. The Morgan fingerprint density at radius 2 is 0.821 bits per heavy atom. The smallest absolute Gasteiger partial charge is 0.463 e. The van der Waals surface area contributed by atoms with Crippen LogP contribution in [0.25, 0.3) is 0 Å². The van der Waals surface area contributed by atoms with Crippen molar-refractivity contribution in [2.75, 3.05) is 26.4 Å². The van der Waals surface area contributed by atoms with Gasteiger partial charge in [-0.15, -0.1) is 0 Å². The van der Waals surface area contributed by atoms with Crippen LogP contribution in [0.1, 0.15) is 168 Å². The maximum absolute atomic E-state index is 12.2. The van der Waals surface area contributed by atoms with Gasteiger partial charge in [0, 0.05) is 19.4 Å². The molecule has 10 heteroatoms. The van der Waals surface area contributed by atoms with Crippen LogP contribution in [0.2, 0.25) is 0 Å². The second-order valence-electron chi connectivity index (χ2n) is 16.0. The molecule has 2 atom stereocenters. The number of hydrogen-bond acceptors (Lipinski definition) is 7. The highest BCUT2D eigenvalue weighted by Gasteiger charge is 2.23. The first-order chi connectivity index (χ1) is 32.8. The predicted molar refractivity (Wildman–Crippen MR) is 284 cm³/mol. The monoisotopic (exact) mass is 948 g/mol. The molecule has 0 aromatic heterocycles. The minimum Gasteiger partial charge on any atom is -0.463 e. The number of allylic oxidation sites excluding steroid dienone is 24. The average Bonchev–Trinajstić information content (AvgIpc) is 3.32. The van der Waals surface area contributed by atoms with Crippen LogP contribution >= 0.6 is 7.82 Å². The predicted octanol–water partition coefficient (Wildman–Crippen LogP) is 15.2. The Kier molecular flexibility index (Phi) is 48.1.